The number of likely N-dealkylation sites (tertiary alicyclic amines) is 1. The van der Waals surface area contributed by atoms with Crippen LogP contribution in [0.3, 0.4) is 0 Å². The Morgan fingerprint density at radius 3 is 2.69 bits per heavy atom. The molecule has 0 radical (unpaired) electrons. The number of ether oxygens (including phenoxy) is 1. The zero-order chi connectivity index (χ0) is 18.2. The van der Waals surface area contributed by atoms with E-state index >= 15 is 0 Å². The van der Waals surface area contributed by atoms with Gasteiger partial charge in [0.2, 0.25) is 5.91 Å². The van der Waals surface area contributed by atoms with E-state index in [4.69, 9.17) is 4.74 Å². The summed E-state index contributed by atoms with van der Waals surface area (Å²) in [6, 6.07) is 16.4. The molecule has 1 fully saturated rings. The second-order valence-corrected chi connectivity index (χ2v) is 7.64. The van der Waals surface area contributed by atoms with Gasteiger partial charge in [-0.2, -0.15) is 0 Å². The van der Waals surface area contributed by atoms with Crippen molar-refractivity contribution in [2.75, 3.05) is 25.4 Å². The van der Waals surface area contributed by atoms with Crippen molar-refractivity contribution in [1.29, 1.82) is 0 Å². The maximum atomic E-state index is 12.9. The Balaban J connectivity index is 1.40. The highest BCUT2D eigenvalue weighted by Gasteiger charge is 2.23. The molecule has 1 unspecified atom stereocenters. The number of benzene rings is 2. The molecule has 5 heteroatoms. The number of halogens is 1. The Morgan fingerprint density at radius 1 is 1.15 bits per heavy atom. The first-order valence-corrected chi connectivity index (χ1v) is 9.97. The summed E-state index contributed by atoms with van der Waals surface area (Å²) in [5.74, 6) is 0.679. The molecule has 1 amide bonds. The van der Waals surface area contributed by atoms with Crippen LogP contribution in [0, 0.1) is 11.7 Å². The normalized spacial score (nSPS) is 17.3. The van der Waals surface area contributed by atoms with Crippen LogP contribution >= 0.6 is 11.8 Å². The highest BCUT2D eigenvalue weighted by atomic mass is 32.2. The van der Waals surface area contributed by atoms with Crippen molar-refractivity contribution < 1.29 is 13.9 Å². The highest BCUT2D eigenvalue weighted by molar-refractivity contribution is 8.00. The molecule has 1 heterocycles. The van der Waals surface area contributed by atoms with Gasteiger partial charge < -0.3 is 9.64 Å². The van der Waals surface area contributed by atoms with E-state index in [0.29, 0.717) is 24.9 Å². The molecule has 138 valence electrons. The van der Waals surface area contributed by atoms with Gasteiger partial charge in [-0.3, -0.25) is 4.79 Å². The van der Waals surface area contributed by atoms with Crippen molar-refractivity contribution in [3.05, 3.63) is 66.0 Å². The van der Waals surface area contributed by atoms with Gasteiger partial charge in [0.15, 0.2) is 0 Å². The average Bonchev–Trinajstić information content (AvgIpc) is 2.68. The predicted molar refractivity (Wildman–Crippen MR) is 103 cm³/mol. The summed E-state index contributed by atoms with van der Waals surface area (Å²) in [4.78, 5) is 15.3. The van der Waals surface area contributed by atoms with Gasteiger partial charge in [-0.25, -0.2) is 4.39 Å². The summed E-state index contributed by atoms with van der Waals surface area (Å²) in [6.07, 6.45) is 2.12. The van der Waals surface area contributed by atoms with Crippen LogP contribution in [0.4, 0.5) is 4.39 Å². The van der Waals surface area contributed by atoms with Crippen LogP contribution in [0.25, 0.3) is 0 Å². The molecular weight excluding hydrogens is 349 g/mol. The summed E-state index contributed by atoms with van der Waals surface area (Å²) in [5, 5.41) is 0. The molecule has 1 aliphatic heterocycles. The van der Waals surface area contributed by atoms with E-state index < -0.39 is 0 Å². The Hall–Kier alpha value is -1.85. The fourth-order valence-corrected chi connectivity index (χ4v) is 3.91. The first-order chi connectivity index (χ1) is 12.7. The van der Waals surface area contributed by atoms with Crippen LogP contribution in [-0.4, -0.2) is 36.3 Å². The molecule has 0 aromatic heterocycles. The third kappa shape index (κ3) is 5.85. The number of carbonyl (C=O) groups excluding carboxylic acids is 1. The van der Waals surface area contributed by atoms with E-state index in [-0.39, 0.29) is 11.7 Å². The monoisotopic (exact) mass is 373 g/mol. The molecule has 0 bridgehead atoms. The van der Waals surface area contributed by atoms with E-state index in [9.17, 15) is 9.18 Å². The second kappa shape index (κ2) is 9.74. The maximum Gasteiger partial charge on any atom is 0.232 e. The van der Waals surface area contributed by atoms with Crippen LogP contribution in [0.15, 0.2) is 59.5 Å². The fourth-order valence-electron chi connectivity index (χ4n) is 3.11. The minimum atomic E-state index is -0.255. The maximum absolute atomic E-state index is 12.9. The Labute approximate surface area is 158 Å². The molecule has 3 nitrogen and oxygen atoms in total. The van der Waals surface area contributed by atoms with Crippen molar-refractivity contribution in [2.24, 2.45) is 5.92 Å². The standard InChI is InChI=1S/C21H24FNO2S/c22-19-8-10-20(11-9-19)26-16-21(24)23-12-4-7-18(13-23)15-25-14-17-5-2-1-3-6-17/h1-3,5-6,8-11,18H,4,7,12-16H2. The Morgan fingerprint density at radius 2 is 1.92 bits per heavy atom. The minimum Gasteiger partial charge on any atom is -0.376 e. The molecule has 0 N–H and O–H groups in total. The molecule has 0 spiro atoms. The zero-order valence-electron chi connectivity index (χ0n) is 14.8. The molecule has 1 aliphatic rings. The molecule has 0 saturated carbocycles. The van der Waals surface area contributed by atoms with E-state index in [1.165, 1.54) is 29.5 Å². The van der Waals surface area contributed by atoms with Gasteiger partial charge in [-0.05, 0) is 48.6 Å². The number of amides is 1. The first kappa shape index (κ1) is 18.9. The van der Waals surface area contributed by atoms with Gasteiger partial charge in [0, 0.05) is 18.0 Å². The van der Waals surface area contributed by atoms with Crippen LogP contribution in [0.5, 0.6) is 0 Å². The van der Waals surface area contributed by atoms with E-state index in [1.54, 1.807) is 12.1 Å². The molecule has 3 rings (SSSR count). The number of thioether (sulfide) groups is 1. The summed E-state index contributed by atoms with van der Waals surface area (Å²) >= 11 is 1.46. The van der Waals surface area contributed by atoms with Gasteiger partial charge in [0.05, 0.1) is 19.0 Å². The van der Waals surface area contributed by atoms with Crippen molar-refractivity contribution in [1.82, 2.24) is 4.90 Å². The molecule has 0 aliphatic carbocycles. The SMILES string of the molecule is O=C(CSc1ccc(F)cc1)N1CCCC(COCc2ccccc2)C1. The van der Waals surface area contributed by atoms with E-state index in [1.807, 2.05) is 23.1 Å². The van der Waals surface area contributed by atoms with Crippen molar-refractivity contribution in [3.8, 4) is 0 Å². The largest absolute Gasteiger partial charge is 0.376 e. The van der Waals surface area contributed by atoms with E-state index in [0.717, 1.165) is 30.8 Å². The Bertz CT molecular complexity index is 693. The van der Waals surface area contributed by atoms with Crippen LogP contribution in [0.1, 0.15) is 18.4 Å². The predicted octanol–water partition coefficient (Wildman–Crippen LogP) is 4.37. The molecule has 2 aromatic carbocycles. The van der Waals surface area contributed by atoms with Crippen LogP contribution < -0.4 is 0 Å². The Kier molecular flexibility index (Phi) is 7.09. The molecule has 1 atom stereocenters. The van der Waals surface area contributed by atoms with Gasteiger partial charge in [0.1, 0.15) is 5.82 Å². The molecule has 2 aromatic rings. The minimum absolute atomic E-state index is 0.145. The summed E-state index contributed by atoms with van der Waals surface area (Å²) in [6.45, 7) is 2.88. The molecule has 1 saturated heterocycles. The van der Waals surface area contributed by atoms with Crippen LogP contribution in [-0.2, 0) is 16.1 Å². The van der Waals surface area contributed by atoms with Gasteiger partial charge >= 0.3 is 0 Å². The molecular formula is C21H24FNO2S. The third-order valence-corrected chi connectivity index (χ3v) is 5.51. The summed E-state index contributed by atoms with van der Waals surface area (Å²) < 4.78 is 18.8. The fraction of sp³-hybridized carbons (Fsp3) is 0.381. The molecule has 26 heavy (non-hydrogen) atoms. The lowest BCUT2D eigenvalue weighted by Crippen LogP contribution is -2.42. The highest BCUT2D eigenvalue weighted by Crippen LogP contribution is 2.22. The van der Waals surface area contributed by atoms with Gasteiger partial charge in [0.25, 0.3) is 0 Å². The average molecular weight is 373 g/mol. The van der Waals surface area contributed by atoms with Crippen molar-refractivity contribution in [2.45, 2.75) is 24.3 Å². The summed E-state index contributed by atoms with van der Waals surface area (Å²) in [5.41, 5.74) is 1.17. The lowest BCUT2D eigenvalue weighted by Gasteiger charge is -2.32. The number of nitrogens with zero attached hydrogens (tertiary/aromatic N) is 1. The van der Waals surface area contributed by atoms with E-state index in [2.05, 4.69) is 12.1 Å². The number of piperidine rings is 1. The quantitative estimate of drug-likeness (QED) is 0.675. The number of hydrogen-bond acceptors (Lipinski definition) is 3. The van der Waals surface area contributed by atoms with Crippen molar-refractivity contribution >= 4 is 17.7 Å². The van der Waals surface area contributed by atoms with Crippen LogP contribution in [0.2, 0.25) is 0 Å². The van der Waals surface area contributed by atoms with Crippen molar-refractivity contribution in [3.63, 3.8) is 0 Å². The topological polar surface area (TPSA) is 29.5 Å². The van der Waals surface area contributed by atoms with Gasteiger partial charge in [-0.15, -0.1) is 11.8 Å². The summed E-state index contributed by atoms with van der Waals surface area (Å²) in [7, 11) is 0. The number of rotatable bonds is 7. The lowest BCUT2D eigenvalue weighted by atomic mass is 9.99. The first-order valence-electron chi connectivity index (χ1n) is 8.98. The third-order valence-electron chi connectivity index (χ3n) is 4.51. The van der Waals surface area contributed by atoms with Gasteiger partial charge in [-0.1, -0.05) is 30.3 Å². The smallest absolute Gasteiger partial charge is 0.232 e. The zero-order valence-corrected chi connectivity index (χ0v) is 15.6. The lowest BCUT2D eigenvalue weighted by molar-refractivity contribution is -0.130. The number of carbonyl (C=O) groups is 1. The number of hydrogen-bond donors (Lipinski definition) is 0. The second-order valence-electron chi connectivity index (χ2n) is 6.59.